The Morgan fingerprint density at radius 1 is 1.56 bits per heavy atom. The first-order valence-corrected chi connectivity index (χ1v) is 6.00. The van der Waals surface area contributed by atoms with Crippen LogP contribution < -0.4 is 15.0 Å². The van der Waals surface area contributed by atoms with Crippen molar-refractivity contribution in [2.24, 2.45) is 0 Å². The molecule has 0 aromatic heterocycles. The maximum atomic E-state index is 11.8. The van der Waals surface area contributed by atoms with Crippen molar-refractivity contribution in [3.8, 4) is 5.75 Å². The molecule has 2 amide bonds. The number of carbonyl (C=O) groups excluding carboxylic acids is 2. The van der Waals surface area contributed by atoms with Crippen molar-refractivity contribution in [3.05, 3.63) is 18.2 Å². The Kier molecular flexibility index (Phi) is 3.43. The van der Waals surface area contributed by atoms with Crippen molar-refractivity contribution in [3.63, 3.8) is 0 Å². The van der Waals surface area contributed by atoms with Gasteiger partial charge in [-0.3, -0.25) is 9.59 Å². The smallest absolute Gasteiger partial charge is 0.267 e. The number of nitrogens with one attached hydrogen (secondary N) is 1. The summed E-state index contributed by atoms with van der Waals surface area (Å²) in [5.41, 5.74) is 1.21. The van der Waals surface area contributed by atoms with E-state index in [9.17, 15) is 9.59 Å². The molecule has 1 aliphatic heterocycles. The zero-order valence-corrected chi connectivity index (χ0v) is 10.8. The van der Waals surface area contributed by atoms with Crippen LogP contribution in [0.25, 0.3) is 0 Å². The summed E-state index contributed by atoms with van der Waals surface area (Å²) in [7, 11) is 1.67. The predicted octanol–water partition coefficient (Wildman–Crippen LogP) is 1.61. The van der Waals surface area contributed by atoms with Crippen molar-refractivity contribution in [2.75, 3.05) is 23.1 Å². The Bertz CT molecular complexity index is 504. The fourth-order valence-corrected chi connectivity index (χ4v) is 1.85. The third-order valence-electron chi connectivity index (χ3n) is 2.71. The average molecular weight is 269 g/mol. The number of benzene rings is 1. The molecule has 1 aromatic carbocycles. The number of anilines is 2. The van der Waals surface area contributed by atoms with E-state index < -0.39 is 6.10 Å². The molecule has 1 aromatic rings. The molecule has 0 fully saturated rings. The van der Waals surface area contributed by atoms with Gasteiger partial charge in [0.2, 0.25) is 5.91 Å². The first-order valence-electron chi connectivity index (χ1n) is 5.47. The quantitative estimate of drug-likeness (QED) is 0.829. The number of hydrogen-bond acceptors (Lipinski definition) is 3. The highest BCUT2D eigenvalue weighted by atomic mass is 35.5. The standard InChI is InChI=1S/C12H13ClN2O3/c1-7-12(17)15(2)9-5-8(14-11(16)6-13)3-4-10(9)18-7/h3-5,7H,6H2,1-2H3,(H,14,16). The summed E-state index contributed by atoms with van der Waals surface area (Å²) >= 11 is 5.41. The summed E-state index contributed by atoms with van der Waals surface area (Å²) in [6, 6.07) is 5.11. The topological polar surface area (TPSA) is 58.6 Å². The fraction of sp³-hybridized carbons (Fsp3) is 0.333. The number of likely N-dealkylation sites (N-methyl/N-ethyl adjacent to an activating group) is 1. The summed E-state index contributed by atoms with van der Waals surface area (Å²) in [4.78, 5) is 24.5. The van der Waals surface area contributed by atoms with Gasteiger partial charge in [0.15, 0.2) is 6.10 Å². The van der Waals surface area contributed by atoms with Gasteiger partial charge in [-0.05, 0) is 25.1 Å². The lowest BCUT2D eigenvalue weighted by atomic mass is 10.2. The van der Waals surface area contributed by atoms with Crippen molar-refractivity contribution >= 4 is 34.8 Å². The average Bonchev–Trinajstić information content (AvgIpc) is 2.37. The summed E-state index contributed by atoms with van der Waals surface area (Å²) in [5, 5.41) is 2.62. The van der Waals surface area contributed by atoms with Gasteiger partial charge in [-0.1, -0.05) is 0 Å². The van der Waals surface area contributed by atoms with Crippen molar-refractivity contribution in [2.45, 2.75) is 13.0 Å². The molecule has 0 saturated carbocycles. The normalized spacial score (nSPS) is 18.1. The van der Waals surface area contributed by atoms with Crippen LogP contribution in [-0.2, 0) is 9.59 Å². The highest BCUT2D eigenvalue weighted by molar-refractivity contribution is 6.29. The number of nitrogens with zero attached hydrogens (tertiary/aromatic N) is 1. The van der Waals surface area contributed by atoms with Crippen molar-refractivity contribution in [1.82, 2.24) is 0 Å². The van der Waals surface area contributed by atoms with Gasteiger partial charge in [-0.25, -0.2) is 0 Å². The number of hydrogen-bond donors (Lipinski definition) is 1. The van der Waals surface area contributed by atoms with Gasteiger partial charge in [0.1, 0.15) is 11.6 Å². The van der Waals surface area contributed by atoms with Gasteiger partial charge < -0.3 is 15.0 Å². The number of ether oxygens (including phenoxy) is 1. The predicted molar refractivity (Wildman–Crippen MR) is 69.3 cm³/mol. The minimum absolute atomic E-state index is 0.112. The van der Waals surface area contributed by atoms with Gasteiger partial charge in [-0.15, -0.1) is 11.6 Å². The lowest BCUT2D eigenvalue weighted by molar-refractivity contribution is -0.125. The number of fused-ring (bicyclic) bond motifs is 1. The monoisotopic (exact) mass is 268 g/mol. The highest BCUT2D eigenvalue weighted by Crippen LogP contribution is 2.35. The van der Waals surface area contributed by atoms with Gasteiger partial charge in [0.25, 0.3) is 5.91 Å². The van der Waals surface area contributed by atoms with E-state index in [0.717, 1.165) is 0 Å². The molecule has 96 valence electrons. The Morgan fingerprint density at radius 2 is 2.28 bits per heavy atom. The zero-order chi connectivity index (χ0) is 13.3. The van der Waals surface area contributed by atoms with Crippen molar-refractivity contribution in [1.29, 1.82) is 0 Å². The molecule has 0 radical (unpaired) electrons. The van der Waals surface area contributed by atoms with Crippen LogP contribution >= 0.6 is 11.6 Å². The van der Waals surface area contributed by atoms with Crippen LogP contribution in [0.15, 0.2) is 18.2 Å². The maximum Gasteiger partial charge on any atom is 0.267 e. The van der Waals surface area contributed by atoms with Gasteiger partial charge in [0, 0.05) is 12.7 Å². The second-order valence-corrected chi connectivity index (χ2v) is 4.29. The summed E-state index contributed by atoms with van der Waals surface area (Å²) in [5.74, 6) is 0.0897. The lowest BCUT2D eigenvalue weighted by Gasteiger charge is -2.30. The second-order valence-electron chi connectivity index (χ2n) is 4.02. The third kappa shape index (κ3) is 2.26. The number of alkyl halides is 1. The highest BCUT2D eigenvalue weighted by Gasteiger charge is 2.28. The van der Waals surface area contributed by atoms with Crippen LogP contribution in [0, 0.1) is 0 Å². The van der Waals surface area contributed by atoms with Crippen LogP contribution in [0.1, 0.15) is 6.92 Å². The van der Waals surface area contributed by atoms with E-state index in [-0.39, 0.29) is 17.7 Å². The molecule has 1 heterocycles. The first-order chi connectivity index (χ1) is 8.52. The lowest BCUT2D eigenvalue weighted by Crippen LogP contribution is -2.41. The van der Waals surface area contributed by atoms with Gasteiger partial charge in [0.05, 0.1) is 5.69 Å². The van der Waals surface area contributed by atoms with Crippen LogP contribution in [0.4, 0.5) is 11.4 Å². The summed E-state index contributed by atoms with van der Waals surface area (Å²) < 4.78 is 5.47. The number of halogens is 1. The maximum absolute atomic E-state index is 11.8. The third-order valence-corrected chi connectivity index (χ3v) is 2.95. The van der Waals surface area contributed by atoms with E-state index in [1.54, 1.807) is 32.2 Å². The Balaban J connectivity index is 2.31. The van der Waals surface area contributed by atoms with E-state index >= 15 is 0 Å². The molecule has 0 saturated heterocycles. The molecule has 18 heavy (non-hydrogen) atoms. The van der Waals surface area contributed by atoms with Crippen LogP contribution in [0.3, 0.4) is 0 Å². The molecule has 0 bridgehead atoms. The minimum Gasteiger partial charge on any atom is -0.479 e. The first kappa shape index (κ1) is 12.7. The van der Waals surface area contributed by atoms with E-state index in [1.807, 2.05) is 0 Å². The molecule has 1 unspecified atom stereocenters. The van der Waals surface area contributed by atoms with Gasteiger partial charge >= 0.3 is 0 Å². The number of rotatable bonds is 2. The van der Waals surface area contributed by atoms with Crippen molar-refractivity contribution < 1.29 is 14.3 Å². The Morgan fingerprint density at radius 3 is 2.94 bits per heavy atom. The Labute approximate surface area is 110 Å². The summed E-state index contributed by atoms with van der Waals surface area (Å²) in [6.07, 6.45) is -0.495. The van der Waals surface area contributed by atoms with Crippen LogP contribution in [0.2, 0.25) is 0 Å². The zero-order valence-electron chi connectivity index (χ0n) is 10.1. The molecular weight excluding hydrogens is 256 g/mol. The van der Waals surface area contributed by atoms with Crippen LogP contribution in [0.5, 0.6) is 5.75 Å². The molecule has 0 aliphatic carbocycles. The largest absolute Gasteiger partial charge is 0.479 e. The fourth-order valence-electron chi connectivity index (χ4n) is 1.78. The number of amides is 2. The summed E-state index contributed by atoms with van der Waals surface area (Å²) in [6.45, 7) is 1.70. The van der Waals surface area contributed by atoms with E-state index in [4.69, 9.17) is 16.3 Å². The van der Waals surface area contributed by atoms with Crippen LogP contribution in [-0.4, -0.2) is 30.8 Å². The molecular formula is C12H13ClN2O3. The molecule has 0 spiro atoms. The second kappa shape index (κ2) is 4.86. The molecule has 1 atom stereocenters. The van der Waals surface area contributed by atoms with E-state index in [1.165, 1.54) is 4.90 Å². The van der Waals surface area contributed by atoms with E-state index in [2.05, 4.69) is 5.32 Å². The number of carbonyl (C=O) groups is 2. The molecule has 6 heteroatoms. The molecule has 1 aliphatic rings. The SMILES string of the molecule is CC1Oc2ccc(NC(=O)CCl)cc2N(C)C1=O. The molecule has 5 nitrogen and oxygen atoms in total. The Hall–Kier alpha value is -1.75. The molecule has 1 N–H and O–H groups in total. The minimum atomic E-state index is -0.495. The van der Waals surface area contributed by atoms with E-state index in [0.29, 0.717) is 17.1 Å². The molecule has 2 rings (SSSR count). The van der Waals surface area contributed by atoms with Gasteiger partial charge in [-0.2, -0.15) is 0 Å².